The molecule has 1 amide bonds. The van der Waals surface area contributed by atoms with Crippen molar-refractivity contribution in [2.24, 2.45) is 5.73 Å². The zero-order chi connectivity index (χ0) is 16.2. The van der Waals surface area contributed by atoms with Crippen molar-refractivity contribution in [3.63, 3.8) is 0 Å². The number of amides is 1. The molecule has 3 N–H and O–H groups in total. The van der Waals surface area contributed by atoms with Crippen LogP contribution >= 0.6 is 11.6 Å². The lowest BCUT2D eigenvalue weighted by Gasteiger charge is -2.14. The molecular weight excluding hydrogens is 316 g/mol. The quantitative estimate of drug-likeness (QED) is 0.816. The Kier molecular flexibility index (Phi) is 5.79. The first-order valence-electron chi connectivity index (χ1n) is 5.83. The van der Waals surface area contributed by atoms with Crippen LogP contribution < -0.4 is 15.8 Å². The second kappa shape index (κ2) is 6.95. The monoisotopic (exact) mass is 328 g/mol. The molecule has 0 aliphatic heterocycles. The molecule has 0 aliphatic carbocycles. The van der Waals surface area contributed by atoms with Crippen molar-refractivity contribution >= 4 is 17.5 Å². The summed E-state index contributed by atoms with van der Waals surface area (Å²) in [5, 5.41) is 1.23. The average Bonchev–Trinajstić information content (AvgIpc) is 2.34. The molecule has 0 heterocycles. The third-order valence-corrected chi connectivity index (χ3v) is 2.61. The number of carbonyl (C=O) groups excluding carboxylic acids is 1. The van der Waals surface area contributed by atoms with Gasteiger partial charge in [0.15, 0.2) is 11.6 Å². The zero-order valence-electron chi connectivity index (χ0n) is 10.9. The van der Waals surface area contributed by atoms with Gasteiger partial charge in [-0.05, 0) is 19.1 Å². The Morgan fingerprint density at radius 2 is 2.10 bits per heavy atom. The van der Waals surface area contributed by atoms with Gasteiger partial charge in [0.2, 0.25) is 0 Å². The SMILES string of the molecule is CC(N)COc1c(F)ccc(C(=O)NCC(F)(F)F)c1Cl. The number of carbonyl (C=O) groups is 1. The van der Waals surface area contributed by atoms with E-state index in [0.29, 0.717) is 0 Å². The highest BCUT2D eigenvalue weighted by Crippen LogP contribution is 2.31. The minimum atomic E-state index is -4.56. The molecule has 1 atom stereocenters. The second-order valence-electron chi connectivity index (χ2n) is 4.32. The van der Waals surface area contributed by atoms with Crippen LogP contribution in [0.3, 0.4) is 0 Å². The summed E-state index contributed by atoms with van der Waals surface area (Å²) in [4.78, 5) is 11.6. The molecule has 21 heavy (non-hydrogen) atoms. The van der Waals surface area contributed by atoms with Crippen LogP contribution in [0.15, 0.2) is 12.1 Å². The number of nitrogens with two attached hydrogens (primary N) is 1. The van der Waals surface area contributed by atoms with E-state index in [4.69, 9.17) is 22.1 Å². The van der Waals surface area contributed by atoms with Crippen molar-refractivity contribution < 1.29 is 27.1 Å². The third kappa shape index (κ3) is 5.39. The van der Waals surface area contributed by atoms with Gasteiger partial charge >= 0.3 is 6.18 Å². The summed E-state index contributed by atoms with van der Waals surface area (Å²) in [5.74, 6) is -2.34. The number of ether oxygens (including phenoxy) is 1. The van der Waals surface area contributed by atoms with Gasteiger partial charge in [-0.25, -0.2) is 4.39 Å². The van der Waals surface area contributed by atoms with Crippen LogP contribution in [-0.4, -0.2) is 31.3 Å². The molecule has 1 aromatic rings. The van der Waals surface area contributed by atoms with Crippen molar-refractivity contribution in [3.05, 3.63) is 28.5 Å². The largest absolute Gasteiger partial charge is 0.487 e. The van der Waals surface area contributed by atoms with Crippen molar-refractivity contribution in [2.45, 2.75) is 19.1 Å². The number of alkyl halides is 3. The molecule has 0 radical (unpaired) electrons. The highest BCUT2D eigenvalue weighted by Gasteiger charge is 2.29. The van der Waals surface area contributed by atoms with E-state index < -0.39 is 41.3 Å². The molecule has 0 saturated heterocycles. The predicted molar refractivity (Wildman–Crippen MR) is 68.9 cm³/mol. The van der Waals surface area contributed by atoms with E-state index in [-0.39, 0.29) is 12.2 Å². The molecule has 9 heteroatoms. The van der Waals surface area contributed by atoms with E-state index in [0.717, 1.165) is 12.1 Å². The first-order valence-corrected chi connectivity index (χ1v) is 6.21. The summed E-state index contributed by atoms with van der Waals surface area (Å²) in [7, 11) is 0. The van der Waals surface area contributed by atoms with Gasteiger partial charge in [0, 0.05) is 6.04 Å². The summed E-state index contributed by atoms with van der Waals surface area (Å²) in [6.45, 7) is 0.0194. The molecule has 4 nitrogen and oxygen atoms in total. The number of hydrogen-bond acceptors (Lipinski definition) is 3. The zero-order valence-corrected chi connectivity index (χ0v) is 11.7. The van der Waals surface area contributed by atoms with Gasteiger partial charge in [-0.1, -0.05) is 11.6 Å². The summed E-state index contributed by atoms with van der Waals surface area (Å²) in [6.07, 6.45) is -4.56. The Balaban J connectivity index is 2.93. The van der Waals surface area contributed by atoms with Crippen LogP contribution in [0.2, 0.25) is 5.02 Å². The first kappa shape index (κ1) is 17.5. The standard InChI is InChI=1S/C12H13ClF4N2O2/c1-6(18)4-21-10-8(14)3-2-7(9(10)13)11(20)19-5-12(15,16)17/h2-3,6H,4-5,18H2,1H3,(H,19,20). The minimum absolute atomic E-state index is 0.0652. The van der Waals surface area contributed by atoms with Crippen LogP contribution in [0.5, 0.6) is 5.75 Å². The van der Waals surface area contributed by atoms with Gasteiger partial charge in [-0.15, -0.1) is 0 Å². The Hall–Kier alpha value is -1.54. The minimum Gasteiger partial charge on any atom is -0.487 e. The predicted octanol–water partition coefficient (Wildman–Crippen LogP) is 2.50. The summed E-state index contributed by atoms with van der Waals surface area (Å²) < 4.78 is 54.7. The van der Waals surface area contributed by atoms with Crippen LogP contribution in [-0.2, 0) is 0 Å². The molecule has 1 unspecified atom stereocenters. The highest BCUT2D eigenvalue weighted by molar-refractivity contribution is 6.35. The molecule has 0 spiro atoms. The lowest BCUT2D eigenvalue weighted by molar-refractivity contribution is -0.123. The Morgan fingerprint density at radius 1 is 1.48 bits per heavy atom. The lowest BCUT2D eigenvalue weighted by atomic mass is 10.2. The number of halogens is 5. The van der Waals surface area contributed by atoms with Crippen molar-refractivity contribution in [1.29, 1.82) is 0 Å². The van der Waals surface area contributed by atoms with Crippen LogP contribution in [0.4, 0.5) is 17.6 Å². The van der Waals surface area contributed by atoms with Crippen LogP contribution in [0.25, 0.3) is 0 Å². The van der Waals surface area contributed by atoms with Gasteiger partial charge < -0.3 is 15.8 Å². The van der Waals surface area contributed by atoms with Gasteiger partial charge in [-0.2, -0.15) is 13.2 Å². The van der Waals surface area contributed by atoms with E-state index in [1.165, 1.54) is 0 Å². The summed E-state index contributed by atoms with van der Waals surface area (Å²) in [6, 6.07) is 1.44. The maximum Gasteiger partial charge on any atom is 0.405 e. The average molecular weight is 329 g/mol. The highest BCUT2D eigenvalue weighted by atomic mass is 35.5. The fourth-order valence-electron chi connectivity index (χ4n) is 1.33. The van der Waals surface area contributed by atoms with E-state index in [9.17, 15) is 22.4 Å². The molecule has 0 bridgehead atoms. The van der Waals surface area contributed by atoms with Gasteiger partial charge in [0.05, 0.1) is 10.6 Å². The molecular formula is C12H13ClF4N2O2. The first-order chi connectivity index (χ1) is 9.61. The van der Waals surface area contributed by atoms with Gasteiger partial charge in [0.1, 0.15) is 13.2 Å². The van der Waals surface area contributed by atoms with E-state index in [1.807, 2.05) is 0 Å². The smallest absolute Gasteiger partial charge is 0.405 e. The van der Waals surface area contributed by atoms with Crippen molar-refractivity contribution in [1.82, 2.24) is 5.32 Å². The van der Waals surface area contributed by atoms with E-state index in [1.54, 1.807) is 12.2 Å². The molecule has 118 valence electrons. The van der Waals surface area contributed by atoms with Crippen LogP contribution in [0.1, 0.15) is 17.3 Å². The molecule has 0 saturated carbocycles. The maximum atomic E-state index is 13.6. The number of nitrogens with one attached hydrogen (secondary N) is 1. The fraction of sp³-hybridized carbons (Fsp3) is 0.417. The maximum absolute atomic E-state index is 13.6. The van der Waals surface area contributed by atoms with Gasteiger partial charge in [0.25, 0.3) is 5.91 Å². The molecule has 1 aromatic carbocycles. The van der Waals surface area contributed by atoms with E-state index >= 15 is 0 Å². The molecule has 0 aromatic heterocycles. The summed E-state index contributed by atoms with van der Waals surface area (Å²) >= 11 is 5.79. The second-order valence-corrected chi connectivity index (χ2v) is 4.70. The van der Waals surface area contributed by atoms with Crippen molar-refractivity contribution in [3.8, 4) is 5.75 Å². The number of benzene rings is 1. The van der Waals surface area contributed by atoms with Gasteiger partial charge in [-0.3, -0.25) is 4.79 Å². The normalized spacial score (nSPS) is 12.9. The fourth-order valence-corrected chi connectivity index (χ4v) is 1.62. The third-order valence-electron chi connectivity index (χ3n) is 2.23. The molecule has 0 fully saturated rings. The number of hydrogen-bond donors (Lipinski definition) is 2. The van der Waals surface area contributed by atoms with Crippen molar-refractivity contribution in [2.75, 3.05) is 13.2 Å². The number of rotatable bonds is 5. The van der Waals surface area contributed by atoms with Crippen LogP contribution in [0, 0.1) is 5.82 Å². The Bertz CT molecular complexity index is 521. The topological polar surface area (TPSA) is 64.3 Å². The summed E-state index contributed by atoms with van der Waals surface area (Å²) in [5.41, 5.74) is 5.12. The lowest BCUT2D eigenvalue weighted by Crippen LogP contribution is -2.34. The van der Waals surface area contributed by atoms with E-state index in [2.05, 4.69) is 0 Å². The Morgan fingerprint density at radius 3 is 2.62 bits per heavy atom. The molecule has 0 aliphatic rings. The Labute approximate surface area is 123 Å². The molecule has 1 rings (SSSR count).